The van der Waals surface area contributed by atoms with Crippen LogP contribution < -0.4 is 10.1 Å². The Balaban J connectivity index is 1.31. The van der Waals surface area contributed by atoms with Crippen molar-refractivity contribution < 1.29 is 9.47 Å². The zero-order valence-electron chi connectivity index (χ0n) is 12.6. The fraction of sp³-hybridized carbons (Fsp3) is 0.706. The fourth-order valence-electron chi connectivity index (χ4n) is 3.78. The van der Waals surface area contributed by atoms with Gasteiger partial charge in [0.25, 0.3) is 0 Å². The van der Waals surface area contributed by atoms with Crippen LogP contribution in [0.1, 0.15) is 30.7 Å². The molecule has 114 valence electrons. The van der Waals surface area contributed by atoms with E-state index in [1.807, 2.05) is 12.4 Å². The van der Waals surface area contributed by atoms with Crippen LogP contribution in [0.15, 0.2) is 18.5 Å². The van der Waals surface area contributed by atoms with Crippen molar-refractivity contribution in [3.05, 3.63) is 24.0 Å². The van der Waals surface area contributed by atoms with Gasteiger partial charge in [0.2, 0.25) is 0 Å². The van der Waals surface area contributed by atoms with E-state index in [9.17, 15) is 0 Å². The van der Waals surface area contributed by atoms with E-state index in [1.165, 1.54) is 24.9 Å². The number of nitrogens with one attached hydrogen (secondary N) is 1. The number of aromatic nitrogens is 1. The van der Waals surface area contributed by atoms with Gasteiger partial charge in [-0.05, 0) is 61.1 Å². The van der Waals surface area contributed by atoms with Crippen LogP contribution in [-0.4, -0.2) is 37.9 Å². The van der Waals surface area contributed by atoms with Gasteiger partial charge in [-0.2, -0.15) is 0 Å². The molecular formula is C17H24N2O2. The van der Waals surface area contributed by atoms with E-state index in [0.29, 0.717) is 12.0 Å². The third-order valence-electron chi connectivity index (χ3n) is 5.34. The lowest BCUT2D eigenvalue weighted by atomic mass is 10.1. The lowest BCUT2D eigenvalue weighted by Gasteiger charge is -2.14. The standard InChI is InChI=1S/C17H24N2O2/c1-20-3-2-11-5-15(11)12-4-14(9-18-7-12)21-10-17-16-6-13(16)8-19-17/h4,7,9,11,13,15-17,19H,2-3,5-6,8,10H2,1H3/t11-,13-,15-,16-,17+/m0/s1. The van der Waals surface area contributed by atoms with E-state index >= 15 is 0 Å². The molecule has 1 aromatic heterocycles. The van der Waals surface area contributed by atoms with Crippen molar-refractivity contribution in [2.75, 3.05) is 26.9 Å². The zero-order chi connectivity index (χ0) is 14.2. The molecule has 21 heavy (non-hydrogen) atoms. The van der Waals surface area contributed by atoms with Crippen molar-refractivity contribution in [2.45, 2.75) is 31.2 Å². The number of hydrogen-bond donors (Lipinski definition) is 1. The van der Waals surface area contributed by atoms with Gasteiger partial charge in [0.05, 0.1) is 6.20 Å². The number of nitrogens with zero attached hydrogens (tertiary/aromatic N) is 1. The van der Waals surface area contributed by atoms with Crippen LogP contribution in [0.3, 0.4) is 0 Å². The van der Waals surface area contributed by atoms with E-state index in [1.54, 1.807) is 7.11 Å². The summed E-state index contributed by atoms with van der Waals surface area (Å²) < 4.78 is 11.1. The van der Waals surface area contributed by atoms with Gasteiger partial charge in [-0.25, -0.2) is 0 Å². The average Bonchev–Trinajstić information content (AvgIpc) is 3.42. The summed E-state index contributed by atoms with van der Waals surface area (Å²) in [5, 5.41) is 3.55. The molecule has 1 aromatic rings. The smallest absolute Gasteiger partial charge is 0.137 e. The molecule has 4 heteroatoms. The van der Waals surface area contributed by atoms with Crippen molar-refractivity contribution in [1.82, 2.24) is 10.3 Å². The van der Waals surface area contributed by atoms with Gasteiger partial charge in [0, 0.05) is 26.0 Å². The van der Waals surface area contributed by atoms with Gasteiger partial charge in [0.15, 0.2) is 0 Å². The van der Waals surface area contributed by atoms with Crippen molar-refractivity contribution in [1.29, 1.82) is 0 Å². The molecule has 5 atom stereocenters. The second-order valence-electron chi connectivity index (χ2n) is 6.82. The summed E-state index contributed by atoms with van der Waals surface area (Å²) in [5.41, 5.74) is 1.33. The van der Waals surface area contributed by atoms with Crippen LogP contribution in [0.5, 0.6) is 5.75 Å². The average molecular weight is 288 g/mol. The first-order valence-electron chi connectivity index (χ1n) is 8.15. The molecule has 3 aliphatic rings. The highest BCUT2D eigenvalue weighted by Crippen LogP contribution is 2.50. The minimum atomic E-state index is 0.550. The summed E-state index contributed by atoms with van der Waals surface area (Å²) in [7, 11) is 1.77. The Morgan fingerprint density at radius 1 is 1.33 bits per heavy atom. The molecule has 3 fully saturated rings. The van der Waals surface area contributed by atoms with Crippen LogP contribution in [0.25, 0.3) is 0 Å². The predicted molar refractivity (Wildman–Crippen MR) is 80.5 cm³/mol. The van der Waals surface area contributed by atoms with Crippen LogP contribution in [0, 0.1) is 17.8 Å². The first kappa shape index (κ1) is 13.5. The van der Waals surface area contributed by atoms with Crippen molar-refractivity contribution >= 4 is 0 Å². The minimum absolute atomic E-state index is 0.550. The molecule has 2 saturated carbocycles. The second-order valence-corrected chi connectivity index (χ2v) is 6.82. The molecule has 2 heterocycles. The third kappa shape index (κ3) is 2.92. The molecule has 0 bridgehead atoms. The molecule has 0 aromatic carbocycles. The van der Waals surface area contributed by atoms with Gasteiger partial charge in [-0.3, -0.25) is 4.98 Å². The topological polar surface area (TPSA) is 43.4 Å². The molecule has 4 rings (SSSR count). The van der Waals surface area contributed by atoms with Crippen LogP contribution in [0.4, 0.5) is 0 Å². The largest absolute Gasteiger partial charge is 0.490 e. The van der Waals surface area contributed by atoms with Crippen LogP contribution in [0.2, 0.25) is 0 Å². The molecule has 4 nitrogen and oxygen atoms in total. The van der Waals surface area contributed by atoms with Crippen LogP contribution >= 0.6 is 0 Å². The van der Waals surface area contributed by atoms with Crippen molar-refractivity contribution in [3.63, 3.8) is 0 Å². The molecule has 0 amide bonds. The number of pyridine rings is 1. The fourth-order valence-corrected chi connectivity index (χ4v) is 3.78. The Morgan fingerprint density at radius 3 is 3.05 bits per heavy atom. The van der Waals surface area contributed by atoms with Crippen molar-refractivity contribution in [2.24, 2.45) is 17.8 Å². The maximum Gasteiger partial charge on any atom is 0.137 e. The maximum absolute atomic E-state index is 5.97. The van der Waals surface area contributed by atoms with E-state index in [-0.39, 0.29) is 0 Å². The third-order valence-corrected chi connectivity index (χ3v) is 5.34. The van der Waals surface area contributed by atoms with E-state index < -0.39 is 0 Å². The maximum atomic E-state index is 5.97. The molecule has 0 radical (unpaired) electrons. The number of ether oxygens (including phenoxy) is 2. The van der Waals surface area contributed by atoms with Gasteiger partial charge >= 0.3 is 0 Å². The Morgan fingerprint density at radius 2 is 2.29 bits per heavy atom. The van der Waals surface area contributed by atoms with Gasteiger partial charge in [-0.15, -0.1) is 0 Å². The number of rotatable bonds is 7. The lowest BCUT2D eigenvalue weighted by Crippen LogP contribution is -2.32. The predicted octanol–water partition coefficient (Wildman–Crippen LogP) is 2.21. The quantitative estimate of drug-likeness (QED) is 0.835. The number of piperidine rings is 1. The molecular weight excluding hydrogens is 264 g/mol. The van der Waals surface area contributed by atoms with E-state index in [0.717, 1.165) is 43.1 Å². The minimum Gasteiger partial charge on any atom is -0.490 e. The summed E-state index contributed by atoms with van der Waals surface area (Å²) >= 11 is 0. The van der Waals surface area contributed by atoms with E-state index in [4.69, 9.17) is 9.47 Å². The first-order valence-corrected chi connectivity index (χ1v) is 8.15. The van der Waals surface area contributed by atoms with Gasteiger partial charge in [-0.1, -0.05) is 0 Å². The zero-order valence-corrected chi connectivity index (χ0v) is 12.6. The summed E-state index contributed by atoms with van der Waals surface area (Å²) in [6.45, 7) is 2.82. The Kier molecular flexibility index (Phi) is 3.59. The number of hydrogen-bond acceptors (Lipinski definition) is 4. The van der Waals surface area contributed by atoms with Crippen LogP contribution in [-0.2, 0) is 4.74 Å². The van der Waals surface area contributed by atoms with Gasteiger partial charge in [0.1, 0.15) is 12.4 Å². The Bertz CT molecular complexity index is 507. The first-order chi connectivity index (χ1) is 10.3. The Hall–Kier alpha value is -1.13. The Labute approximate surface area is 126 Å². The SMILES string of the molecule is COCC[C@H]1C[C@@H]1c1cncc(OC[C@H]2NC[C@@H]3C[C@@H]32)c1. The summed E-state index contributed by atoms with van der Waals surface area (Å²) in [4.78, 5) is 4.36. The highest BCUT2D eigenvalue weighted by atomic mass is 16.5. The number of methoxy groups -OCH3 is 1. The molecule has 2 aliphatic carbocycles. The molecule has 0 spiro atoms. The summed E-state index contributed by atoms with van der Waals surface area (Å²) in [6.07, 6.45) is 7.65. The summed E-state index contributed by atoms with van der Waals surface area (Å²) in [6, 6.07) is 2.73. The second kappa shape index (κ2) is 5.58. The molecule has 1 N–H and O–H groups in total. The monoisotopic (exact) mass is 288 g/mol. The van der Waals surface area contributed by atoms with Gasteiger partial charge < -0.3 is 14.8 Å². The summed E-state index contributed by atoms with van der Waals surface area (Å²) in [5.74, 6) is 4.15. The number of fused-ring (bicyclic) bond motifs is 1. The van der Waals surface area contributed by atoms with Crippen molar-refractivity contribution in [3.8, 4) is 5.75 Å². The molecule has 1 aliphatic heterocycles. The normalized spacial score (nSPS) is 36.3. The van der Waals surface area contributed by atoms with E-state index in [2.05, 4.69) is 16.4 Å². The highest BCUT2D eigenvalue weighted by molar-refractivity contribution is 5.30. The molecule has 1 saturated heterocycles. The molecule has 0 unspecified atom stereocenters. The highest BCUT2D eigenvalue weighted by Gasteiger charge is 2.48. The lowest BCUT2D eigenvalue weighted by molar-refractivity contribution is 0.189.